The molecule has 2 aromatic carbocycles. The molecule has 0 saturated carbocycles. The molecule has 4 rings (SSSR count). The van der Waals surface area contributed by atoms with E-state index in [0.717, 1.165) is 25.7 Å². The molecule has 0 heterocycles. The fourth-order valence-corrected chi connectivity index (χ4v) is 4.01. The van der Waals surface area contributed by atoms with E-state index in [1.54, 1.807) is 12.8 Å². The van der Waals surface area contributed by atoms with Gasteiger partial charge in [-0.3, -0.25) is 0 Å². The molecule has 0 aromatic heterocycles. The van der Waals surface area contributed by atoms with Crippen LogP contribution in [0.15, 0.2) is 58.5 Å². The number of fused-ring (bicyclic) bond motifs is 2. The maximum Gasteiger partial charge on any atom is 0.178 e. The zero-order chi connectivity index (χ0) is 16.9. The van der Waals surface area contributed by atoms with Crippen LogP contribution in [-0.2, 0) is 17.6 Å². The predicted molar refractivity (Wildman–Crippen MR) is 102 cm³/mol. The molecule has 2 aliphatic rings. The topological polar surface area (TPSA) is 34.0 Å². The minimum Gasteiger partial charge on any atom is -0.435 e. The highest BCUT2D eigenvalue weighted by molar-refractivity contribution is 5.64. The molecule has 128 valence electrons. The third kappa shape index (κ3) is 3.65. The summed E-state index contributed by atoms with van der Waals surface area (Å²) >= 11 is 0. The third-order valence-electron chi connectivity index (χ3n) is 5.28. The van der Waals surface area contributed by atoms with Gasteiger partial charge in [0.15, 0.2) is 12.8 Å². The first-order valence-corrected chi connectivity index (χ1v) is 9.26. The third-order valence-corrected chi connectivity index (χ3v) is 5.28. The highest BCUT2D eigenvalue weighted by Crippen LogP contribution is 2.33. The van der Waals surface area contributed by atoms with Crippen LogP contribution in [0.25, 0.3) is 0 Å². The summed E-state index contributed by atoms with van der Waals surface area (Å²) in [6.45, 7) is 0. The first-order valence-electron chi connectivity index (χ1n) is 9.26. The van der Waals surface area contributed by atoms with Crippen LogP contribution in [0.3, 0.4) is 0 Å². The highest BCUT2D eigenvalue weighted by Gasteiger charge is 2.19. The van der Waals surface area contributed by atoms with Crippen LogP contribution in [0.4, 0.5) is 0 Å². The van der Waals surface area contributed by atoms with E-state index in [9.17, 15) is 0 Å². The molecule has 3 nitrogen and oxygen atoms in total. The van der Waals surface area contributed by atoms with Gasteiger partial charge >= 0.3 is 0 Å². The van der Waals surface area contributed by atoms with E-state index in [4.69, 9.17) is 4.74 Å². The minimum absolute atomic E-state index is 0.216. The van der Waals surface area contributed by atoms with Crippen molar-refractivity contribution < 1.29 is 4.74 Å². The van der Waals surface area contributed by atoms with Gasteiger partial charge in [-0.2, -0.15) is 0 Å². The Morgan fingerprint density at radius 2 is 1.20 bits per heavy atom. The van der Waals surface area contributed by atoms with E-state index in [1.165, 1.54) is 35.1 Å². The average molecular weight is 332 g/mol. The molecule has 0 fully saturated rings. The zero-order valence-electron chi connectivity index (χ0n) is 14.5. The van der Waals surface area contributed by atoms with Gasteiger partial charge in [-0.05, 0) is 60.8 Å². The first kappa shape index (κ1) is 16.1. The van der Waals surface area contributed by atoms with Gasteiger partial charge in [-0.25, -0.2) is 9.98 Å². The van der Waals surface area contributed by atoms with Crippen molar-refractivity contribution >= 4 is 12.8 Å². The van der Waals surface area contributed by atoms with Gasteiger partial charge in [-0.1, -0.05) is 48.5 Å². The van der Waals surface area contributed by atoms with Gasteiger partial charge < -0.3 is 4.74 Å². The Labute approximate surface area is 149 Å². The standard InChI is InChI=1S/C22H24N2O/c1-3-11-19-17(7-1)9-5-13-21(19)23-15-25-16-24-22-14-6-10-18-8-2-4-12-20(18)22/h1-4,7-8,11-12,15-16,21-22H,5-6,9-10,13-14H2. The Bertz CT molecular complexity index is 716. The van der Waals surface area contributed by atoms with Gasteiger partial charge in [0, 0.05) is 0 Å². The van der Waals surface area contributed by atoms with Crippen molar-refractivity contribution in [2.75, 3.05) is 0 Å². The molecular weight excluding hydrogens is 308 g/mol. The smallest absolute Gasteiger partial charge is 0.178 e. The van der Waals surface area contributed by atoms with Crippen molar-refractivity contribution in [3.8, 4) is 0 Å². The molecule has 0 aliphatic heterocycles. The van der Waals surface area contributed by atoms with Crippen LogP contribution >= 0.6 is 0 Å². The van der Waals surface area contributed by atoms with Crippen molar-refractivity contribution in [2.24, 2.45) is 9.98 Å². The van der Waals surface area contributed by atoms with Crippen LogP contribution in [-0.4, -0.2) is 12.8 Å². The monoisotopic (exact) mass is 332 g/mol. The normalized spacial score (nSPS) is 22.7. The molecule has 3 heteroatoms. The van der Waals surface area contributed by atoms with Gasteiger partial charge in [0.25, 0.3) is 0 Å². The van der Waals surface area contributed by atoms with E-state index < -0.39 is 0 Å². The molecule has 0 bridgehead atoms. The summed E-state index contributed by atoms with van der Waals surface area (Å²) in [5, 5.41) is 0. The van der Waals surface area contributed by atoms with E-state index in [2.05, 4.69) is 58.5 Å². The maximum atomic E-state index is 5.49. The lowest BCUT2D eigenvalue weighted by Gasteiger charge is -2.22. The summed E-state index contributed by atoms with van der Waals surface area (Å²) in [5.41, 5.74) is 5.52. The van der Waals surface area contributed by atoms with Crippen LogP contribution < -0.4 is 0 Å². The summed E-state index contributed by atoms with van der Waals surface area (Å²) in [7, 11) is 0. The van der Waals surface area contributed by atoms with Crippen LogP contribution in [0, 0.1) is 0 Å². The molecule has 2 aromatic rings. The summed E-state index contributed by atoms with van der Waals surface area (Å²) in [6, 6.07) is 17.6. The molecule has 0 saturated heterocycles. The van der Waals surface area contributed by atoms with Crippen LogP contribution in [0.2, 0.25) is 0 Å². The van der Waals surface area contributed by atoms with Crippen molar-refractivity contribution in [1.82, 2.24) is 0 Å². The largest absolute Gasteiger partial charge is 0.435 e. The zero-order valence-corrected chi connectivity index (χ0v) is 14.5. The number of benzene rings is 2. The number of hydrogen-bond donors (Lipinski definition) is 0. The number of aliphatic imine (C=N–C) groups is 2. The Morgan fingerprint density at radius 1 is 0.720 bits per heavy atom. The van der Waals surface area contributed by atoms with Crippen LogP contribution in [0.5, 0.6) is 0 Å². The number of hydrogen-bond acceptors (Lipinski definition) is 3. The van der Waals surface area contributed by atoms with Gasteiger partial charge in [0.2, 0.25) is 0 Å². The summed E-state index contributed by atoms with van der Waals surface area (Å²) in [4.78, 5) is 9.23. The van der Waals surface area contributed by atoms with Crippen molar-refractivity contribution in [3.63, 3.8) is 0 Å². The molecule has 2 aliphatic carbocycles. The SMILES string of the molecule is C(=NC1CCCc2ccccc21)OC=NC1CCCc2ccccc21. The fourth-order valence-electron chi connectivity index (χ4n) is 4.01. The van der Waals surface area contributed by atoms with E-state index in [-0.39, 0.29) is 12.1 Å². The summed E-state index contributed by atoms with van der Waals surface area (Å²) in [6.07, 6.45) is 9.99. The lowest BCUT2D eigenvalue weighted by Crippen LogP contribution is -2.09. The number of aryl methyl sites for hydroxylation is 2. The predicted octanol–water partition coefficient (Wildman–Crippen LogP) is 5.21. The fraction of sp³-hybridized carbons (Fsp3) is 0.364. The Morgan fingerprint density at radius 3 is 1.72 bits per heavy atom. The van der Waals surface area contributed by atoms with E-state index in [0.29, 0.717) is 0 Å². The highest BCUT2D eigenvalue weighted by atomic mass is 16.5. The molecule has 0 spiro atoms. The molecule has 0 amide bonds. The van der Waals surface area contributed by atoms with Crippen molar-refractivity contribution in [1.29, 1.82) is 0 Å². The Kier molecular flexibility index (Phi) is 4.91. The average Bonchev–Trinajstić information content (AvgIpc) is 2.68. The molecule has 0 N–H and O–H groups in total. The van der Waals surface area contributed by atoms with Crippen molar-refractivity contribution in [2.45, 2.75) is 50.6 Å². The molecule has 25 heavy (non-hydrogen) atoms. The lowest BCUT2D eigenvalue weighted by atomic mass is 9.88. The Hall–Kier alpha value is -2.42. The molecule has 2 unspecified atom stereocenters. The molecule has 0 radical (unpaired) electrons. The number of ether oxygens (including phenoxy) is 1. The quantitative estimate of drug-likeness (QED) is 0.558. The van der Waals surface area contributed by atoms with E-state index >= 15 is 0 Å². The first-order chi connectivity index (χ1) is 12.4. The molecular formula is C22H24N2O. The second-order valence-electron chi connectivity index (χ2n) is 6.86. The van der Waals surface area contributed by atoms with Gasteiger partial charge in [0.1, 0.15) is 0 Å². The Balaban J connectivity index is 1.37. The number of rotatable bonds is 4. The summed E-state index contributed by atoms with van der Waals surface area (Å²) < 4.78 is 5.49. The second-order valence-corrected chi connectivity index (χ2v) is 6.86. The van der Waals surface area contributed by atoms with Crippen LogP contribution in [0.1, 0.15) is 60.0 Å². The summed E-state index contributed by atoms with van der Waals surface area (Å²) in [5.74, 6) is 0. The maximum absolute atomic E-state index is 5.49. The van der Waals surface area contributed by atoms with Gasteiger partial charge in [0.05, 0.1) is 12.1 Å². The van der Waals surface area contributed by atoms with Crippen molar-refractivity contribution in [3.05, 3.63) is 70.8 Å². The second kappa shape index (κ2) is 7.64. The van der Waals surface area contributed by atoms with Gasteiger partial charge in [-0.15, -0.1) is 0 Å². The molecule has 2 atom stereocenters. The minimum atomic E-state index is 0.216. The number of nitrogens with zero attached hydrogens (tertiary/aromatic N) is 2. The lowest BCUT2D eigenvalue weighted by molar-refractivity contribution is 0.524. The van der Waals surface area contributed by atoms with E-state index in [1.807, 2.05) is 0 Å².